The number of rotatable bonds is 5. The third-order valence-corrected chi connectivity index (χ3v) is 3.17. The quantitative estimate of drug-likeness (QED) is 0.858. The van der Waals surface area contributed by atoms with E-state index in [9.17, 15) is 9.90 Å². The molecule has 0 bridgehead atoms. The predicted molar refractivity (Wildman–Crippen MR) is 78.1 cm³/mol. The van der Waals surface area contributed by atoms with Gasteiger partial charge in [0, 0.05) is 12.5 Å². The Balaban J connectivity index is 2.69. The van der Waals surface area contributed by atoms with Gasteiger partial charge in [-0.3, -0.25) is 4.79 Å². The molecule has 106 valence electrons. The second-order valence-electron chi connectivity index (χ2n) is 5.59. The molecular weight excluding hydrogens is 238 g/mol. The highest BCUT2D eigenvalue weighted by atomic mass is 16.3. The fourth-order valence-electron chi connectivity index (χ4n) is 2.52. The molecule has 1 aromatic carbocycles. The molecule has 1 aromatic rings. The van der Waals surface area contributed by atoms with Crippen molar-refractivity contribution in [3.63, 3.8) is 0 Å². The number of hydrogen-bond acceptors (Lipinski definition) is 2. The maximum absolute atomic E-state index is 11.6. The van der Waals surface area contributed by atoms with Crippen LogP contribution in [0.2, 0.25) is 0 Å². The summed E-state index contributed by atoms with van der Waals surface area (Å²) < 4.78 is 0. The van der Waals surface area contributed by atoms with E-state index in [0.29, 0.717) is 12.8 Å². The first-order chi connectivity index (χ1) is 8.81. The average molecular weight is 263 g/mol. The van der Waals surface area contributed by atoms with Gasteiger partial charge in [0.1, 0.15) is 0 Å². The molecular formula is C16H25NO2. The van der Waals surface area contributed by atoms with E-state index in [2.05, 4.69) is 17.4 Å². The summed E-state index contributed by atoms with van der Waals surface area (Å²) in [6.07, 6.45) is 0.244. The predicted octanol–water partition coefficient (Wildman–Crippen LogP) is 2.95. The van der Waals surface area contributed by atoms with Gasteiger partial charge in [-0.05, 0) is 57.7 Å². The van der Waals surface area contributed by atoms with Crippen molar-refractivity contribution >= 4 is 5.91 Å². The third-order valence-electron chi connectivity index (χ3n) is 3.17. The Morgan fingerprint density at radius 3 is 2.21 bits per heavy atom. The molecule has 0 saturated carbocycles. The van der Waals surface area contributed by atoms with Gasteiger partial charge in [0.2, 0.25) is 5.91 Å². The maximum atomic E-state index is 11.6. The standard InChI is InChI=1S/C16H25NO2/c1-10(2)17-15(19)7-6-14(18)16-12(4)8-11(3)9-13(16)5/h8-10,14,18H,6-7H2,1-5H3,(H,17,19). The number of aryl methyl sites for hydroxylation is 3. The molecule has 2 N–H and O–H groups in total. The van der Waals surface area contributed by atoms with Crippen molar-refractivity contribution in [2.75, 3.05) is 0 Å². The lowest BCUT2D eigenvalue weighted by Gasteiger charge is -2.17. The van der Waals surface area contributed by atoms with E-state index >= 15 is 0 Å². The van der Waals surface area contributed by atoms with Gasteiger partial charge in [-0.15, -0.1) is 0 Å². The van der Waals surface area contributed by atoms with Gasteiger partial charge in [0.25, 0.3) is 0 Å². The van der Waals surface area contributed by atoms with Crippen LogP contribution in [0.1, 0.15) is 55.0 Å². The third kappa shape index (κ3) is 4.67. The zero-order chi connectivity index (χ0) is 14.6. The van der Waals surface area contributed by atoms with Gasteiger partial charge < -0.3 is 10.4 Å². The molecule has 1 rings (SSSR count). The minimum absolute atomic E-state index is 0.00327. The number of carbonyl (C=O) groups excluding carboxylic acids is 1. The molecule has 3 nitrogen and oxygen atoms in total. The van der Waals surface area contributed by atoms with Gasteiger partial charge in [-0.2, -0.15) is 0 Å². The van der Waals surface area contributed by atoms with Gasteiger partial charge in [-0.1, -0.05) is 17.7 Å². The average Bonchev–Trinajstić information content (AvgIpc) is 2.23. The number of aliphatic hydroxyl groups excluding tert-OH is 1. The summed E-state index contributed by atoms with van der Waals surface area (Å²) in [5.41, 5.74) is 4.34. The van der Waals surface area contributed by atoms with Gasteiger partial charge >= 0.3 is 0 Å². The molecule has 0 aliphatic carbocycles. The molecule has 0 heterocycles. The van der Waals surface area contributed by atoms with Crippen molar-refractivity contribution < 1.29 is 9.90 Å². The monoisotopic (exact) mass is 263 g/mol. The summed E-state index contributed by atoms with van der Waals surface area (Å²) >= 11 is 0. The Kier molecular flexibility index (Phi) is 5.55. The topological polar surface area (TPSA) is 49.3 Å². The van der Waals surface area contributed by atoms with Crippen molar-refractivity contribution in [1.29, 1.82) is 0 Å². The van der Waals surface area contributed by atoms with Crippen LogP contribution in [0.4, 0.5) is 0 Å². The van der Waals surface area contributed by atoms with Crippen molar-refractivity contribution in [2.45, 2.75) is 59.6 Å². The molecule has 1 amide bonds. The second-order valence-corrected chi connectivity index (χ2v) is 5.59. The molecule has 1 unspecified atom stereocenters. The summed E-state index contributed by atoms with van der Waals surface area (Å²) in [6.45, 7) is 9.93. The Hall–Kier alpha value is -1.35. The zero-order valence-electron chi connectivity index (χ0n) is 12.6. The number of benzene rings is 1. The highest BCUT2D eigenvalue weighted by Gasteiger charge is 2.15. The van der Waals surface area contributed by atoms with E-state index in [0.717, 1.165) is 16.7 Å². The molecule has 19 heavy (non-hydrogen) atoms. The highest BCUT2D eigenvalue weighted by molar-refractivity contribution is 5.76. The van der Waals surface area contributed by atoms with Gasteiger partial charge in [-0.25, -0.2) is 0 Å². The molecule has 0 aromatic heterocycles. The summed E-state index contributed by atoms with van der Waals surface area (Å²) in [5.74, 6) is -0.00327. The van der Waals surface area contributed by atoms with Crippen molar-refractivity contribution in [1.82, 2.24) is 5.32 Å². The smallest absolute Gasteiger partial charge is 0.220 e. The number of amides is 1. The van der Waals surface area contributed by atoms with Gasteiger partial charge in [0.05, 0.1) is 6.10 Å². The van der Waals surface area contributed by atoms with E-state index in [1.807, 2.05) is 34.6 Å². The van der Waals surface area contributed by atoms with Crippen LogP contribution in [0.15, 0.2) is 12.1 Å². The SMILES string of the molecule is Cc1cc(C)c(C(O)CCC(=O)NC(C)C)c(C)c1. The number of hydrogen-bond donors (Lipinski definition) is 2. The van der Waals surface area contributed by atoms with E-state index in [-0.39, 0.29) is 11.9 Å². The lowest BCUT2D eigenvalue weighted by molar-refractivity contribution is -0.122. The van der Waals surface area contributed by atoms with Gasteiger partial charge in [0.15, 0.2) is 0 Å². The summed E-state index contributed by atoms with van der Waals surface area (Å²) in [5, 5.41) is 13.1. The lowest BCUT2D eigenvalue weighted by Crippen LogP contribution is -2.30. The molecule has 0 fully saturated rings. The van der Waals surface area contributed by atoms with Crippen molar-refractivity contribution in [3.8, 4) is 0 Å². The molecule has 1 atom stereocenters. The first-order valence-corrected chi connectivity index (χ1v) is 6.86. The van der Waals surface area contributed by atoms with E-state index < -0.39 is 6.10 Å². The lowest BCUT2D eigenvalue weighted by atomic mass is 9.93. The van der Waals surface area contributed by atoms with Crippen molar-refractivity contribution in [3.05, 3.63) is 34.4 Å². The summed E-state index contributed by atoms with van der Waals surface area (Å²) in [7, 11) is 0. The van der Waals surface area contributed by atoms with Crippen LogP contribution in [-0.4, -0.2) is 17.1 Å². The van der Waals surface area contributed by atoms with Crippen LogP contribution in [-0.2, 0) is 4.79 Å². The first-order valence-electron chi connectivity index (χ1n) is 6.86. The maximum Gasteiger partial charge on any atom is 0.220 e. The van der Waals surface area contributed by atoms with Crippen LogP contribution in [0.3, 0.4) is 0 Å². The molecule has 0 aliphatic heterocycles. The van der Waals surface area contributed by atoms with E-state index in [1.54, 1.807) is 0 Å². The first kappa shape index (κ1) is 15.7. The minimum atomic E-state index is -0.571. The highest BCUT2D eigenvalue weighted by Crippen LogP contribution is 2.26. The number of nitrogens with one attached hydrogen (secondary N) is 1. The minimum Gasteiger partial charge on any atom is -0.388 e. The Morgan fingerprint density at radius 2 is 1.74 bits per heavy atom. The Labute approximate surface area is 116 Å². The molecule has 3 heteroatoms. The summed E-state index contributed by atoms with van der Waals surface area (Å²) in [4.78, 5) is 11.6. The number of aliphatic hydroxyl groups is 1. The molecule has 0 spiro atoms. The molecule has 0 radical (unpaired) electrons. The fraction of sp³-hybridized carbons (Fsp3) is 0.562. The summed E-state index contributed by atoms with van der Waals surface area (Å²) in [6, 6.07) is 4.28. The Bertz CT molecular complexity index is 429. The van der Waals surface area contributed by atoms with E-state index in [4.69, 9.17) is 0 Å². The normalized spacial score (nSPS) is 12.6. The zero-order valence-corrected chi connectivity index (χ0v) is 12.6. The largest absolute Gasteiger partial charge is 0.388 e. The second kappa shape index (κ2) is 6.71. The van der Waals surface area contributed by atoms with Crippen LogP contribution < -0.4 is 5.32 Å². The number of carbonyl (C=O) groups is 1. The fourth-order valence-corrected chi connectivity index (χ4v) is 2.52. The Morgan fingerprint density at radius 1 is 1.21 bits per heavy atom. The van der Waals surface area contributed by atoms with Crippen LogP contribution in [0, 0.1) is 20.8 Å². The molecule has 0 saturated heterocycles. The van der Waals surface area contributed by atoms with Crippen LogP contribution in [0.5, 0.6) is 0 Å². The van der Waals surface area contributed by atoms with Crippen LogP contribution >= 0.6 is 0 Å². The van der Waals surface area contributed by atoms with Crippen molar-refractivity contribution in [2.24, 2.45) is 0 Å². The van der Waals surface area contributed by atoms with E-state index in [1.165, 1.54) is 5.56 Å². The molecule has 0 aliphatic rings. The van der Waals surface area contributed by atoms with Crippen LogP contribution in [0.25, 0.3) is 0 Å².